The minimum Gasteiger partial charge on any atom is -0.493 e. The monoisotopic (exact) mass is 445 g/mol. The highest BCUT2D eigenvalue weighted by atomic mass is 16.5. The molecular formula is C25H23N3O5. The van der Waals surface area contributed by atoms with Crippen molar-refractivity contribution >= 4 is 29.6 Å². The van der Waals surface area contributed by atoms with E-state index >= 15 is 0 Å². The number of hydrogen-bond acceptors (Lipinski definition) is 6. The lowest BCUT2D eigenvalue weighted by molar-refractivity contribution is -0.140. The Bertz CT molecular complexity index is 1130. The van der Waals surface area contributed by atoms with Crippen LogP contribution in [0, 0.1) is 23.7 Å². The molecule has 4 atom stereocenters. The number of allylic oxidation sites excluding steroid dienone is 2. The largest absolute Gasteiger partial charge is 0.493 e. The van der Waals surface area contributed by atoms with E-state index in [1.54, 1.807) is 30.3 Å². The third-order valence-corrected chi connectivity index (χ3v) is 6.37. The standard InChI is InChI=1S/C25H23N3O5/c1-32-20-11-15(7-10-19(20)33-14-21(29)27-18-5-3-2-4-6-18)13-26-28-24(30)22-16-8-9-17(12-16)23(22)25(28)31/h2-11,13,16-17,22-23H,12,14H2,1H3,(H,27,29). The molecule has 3 amide bonds. The molecule has 1 N–H and O–H groups in total. The number of nitrogens with one attached hydrogen (secondary N) is 1. The zero-order valence-corrected chi connectivity index (χ0v) is 18.0. The van der Waals surface area contributed by atoms with Gasteiger partial charge in [0.1, 0.15) is 0 Å². The number of amides is 3. The second-order valence-corrected chi connectivity index (χ2v) is 8.35. The maximum atomic E-state index is 12.7. The molecule has 4 unspecified atom stereocenters. The van der Waals surface area contributed by atoms with Gasteiger partial charge in [-0.3, -0.25) is 14.4 Å². The third-order valence-electron chi connectivity index (χ3n) is 6.37. The van der Waals surface area contributed by atoms with Gasteiger partial charge in [-0.2, -0.15) is 10.1 Å². The van der Waals surface area contributed by atoms with Crippen LogP contribution in [-0.4, -0.2) is 42.7 Å². The van der Waals surface area contributed by atoms with E-state index < -0.39 is 0 Å². The Kier molecular flexibility index (Phi) is 5.42. The van der Waals surface area contributed by atoms with Gasteiger partial charge in [0.25, 0.3) is 17.7 Å². The smallest absolute Gasteiger partial charge is 0.262 e. The van der Waals surface area contributed by atoms with Crippen LogP contribution in [-0.2, 0) is 14.4 Å². The van der Waals surface area contributed by atoms with Gasteiger partial charge in [0.05, 0.1) is 25.2 Å². The highest BCUT2D eigenvalue weighted by Crippen LogP contribution is 2.52. The van der Waals surface area contributed by atoms with E-state index in [2.05, 4.69) is 10.4 Å². The van der Waals surface area contributed by atoms with Crippen molar-refractivity contribution in [3.63, 3.8) is 0 Å². The molecule has 1 saturated heterocycles. The van der Waals surface area contributed by atoms with Gasteiger partial charge in [0.2, 0.25) is 0 Å². The van der Waals surface area contributed by atoms with Crippen molar-refractivity contribution in [3.8, 4) is 11.5 Å². The van der Waals surface area contributed by atoms with E-state index in [0.29, 0.717) is 22.7 Å². The maximum Gasteiger partial charge on any atom is 0.262 e. The normalized spacial score (nSPS) is 25.1. The van der Waals surface area contributed by atoms with Crippen molar-refractivity contribution in [2.75, 3.05) is 19.0 Å². The number of carbonyl (C=O) groups excluding carboxylic acids is 3. The summed E-state index contributed by atoms with van der Waals surface area (Å²) in [6, 6.07) is 14.1. The number of para-hydroxylation sites is 1. The summed E-state index contributed by atoms with van der Waals surface area (Å²) in [5.41, 5.74) is 1.32. The van der Waals surface area contributed by atoms with E-state index in [1.165, 1.54) is 13.3 Å². The highest BCUT2D eigenvalue weighted by molar-refractivity contribution is 6.06. The SMILES string of the molecule is COc1cc(C=NN2C(=O)C3C4C=CC(C4)C3C2=O)ccc1OCC(=O)Nc1ccccc1. The zero-order chi connectivity index (χ0) is 22.9. The Morgan fingerprint density at radius 2 is 1.76 bits per heavy atom. The molecule has 2 aliphatic carbocycles. The van der Waals surface area contributed by atoms with Crippen LogP contribution in [0.25, 0.3) is 0 Å². The fourth-order valence-corrected chi connectivity index (χ4v) is 4.87. The molecule has 1 heterocycles. The van der Waals surface area contributed by atoms with Crippen LogP contribution in [0.3, 0.4) is 0 Å². The summed E-state index contributed by atoms with van der Waals surface area (Å²) in [5.74, 6) is -0.223. The van der Waals surface area contributed by atoms with Gasteiger partial charge in [0, 0.05) is 5.69 Å². The molecule has 168 valence electrons. The number of nitrogens with zero attached hydrogens (tertiary/aromatic N) is 2. The number of hydrogen-bond donors (Lipinski definition) is 1. The third kappa shape index (κ3) is 3.88. The zero-order valence-electron chi connectivity index (χ0n) is 18.0. The van der Waals surface area contributed by atoms with Crippen molar-refractivity contribution in [2.45, 2.75) is 6.42 Å². The summed E-state index contributed by atoms with van der Waals surface area (Å²) in [4.78, 5) is 37.6. The first-order chi connectivity index (χ1) is 16.0. The average Bonchev–Trinajstić information content (AvgIpc) is 3.51. The Morgan fingerprint density at radius 1 is 1.06 bits per heavy atom. The summed E-state index contributed by atoms with van der Waals surface area (Å²) in [6.45, 7) is -0.186. The Hall–Kier alpha value is -3.94. The molecule has 0 aromatic heterocycles. The molecule has 8 heteroatoms. The van der Waals surface area contributed by atoms with Gasteiger partial charge in [-0.15, -0.1) is 0 Å². The lowest BCUT2D eigenvalue weighted by atomic mass is 9.85. The first-order valence-corrected chi connectivity index (χ1v) is 10.8. The van der Waals surface area contributed by atoms with Crippen molar-refractivity contribution in [1.29, 1.82) is 0 Å². The summed E-state index contributed by atoms with van der Waals surface area (Å²) < 4.78 is 11.0. The van der Waals surface area contributed by atoms with E-state index in [1.807, 2.05) is 30.4 Å². The number of carbonyl (C=O) groups is 3. The van der Waals surface area contributed by atoms with Crippen LogP contribution in [0.2, 0.25) is 0 Å². The molecule has 5 rings (SSSR count). The topological polar surface area (TPSA) is 97.3 Å². The fourth-order valence-electron chi connectivity index (χ4n) is 4.87. The number of benzene rings is 2. The predicted octanol–water partition coefficient (Wildman–Crippen LogP) is 2.85. The highest BCUT2D eigenvalue weighted by Gasteiger charge is 2.59. The molecule has 33 heavy (non-hydrogen) atoms. The molecule has 1 saturated carbocycles. The maximum absolute atomic E-state index is 12.7. The van der Waals surface area contributed by atoms with Crippen LogP contribution in [0.1, 0.15) is 12.0 Å². The lowest BCUT2D eigenvalue weighted by Gasteiger charge is -2.13. The number of fused-ring (bicyclic) bond motifs is 5. The molecule has 0 spiro atoms. The summed E-state index contributed by atoms with van der Waals surface area (Å²) in [6.07, 6.45) is 6.44. The second kappa shape index (κ2) is 8.54. The molecule has 2 aromatic rings. The summed E-state index contributed by atoms with van der Waals surface area (Å²) >= 11 is 0. The molecule has 2 bridgehead atoms. The van der Waals surface area contributed by atoms with Crippen LogP contribution in [0.15, 0.2) is 65.8 Å². The van der Waals surface area contributed by atoms with Gasteiger partial charge < -0.3 is 14.8 Å². The van der Waals surface area contributed by atoms with Gasteiger partial charge >= 0.3 is 0 Å². The lowest BCUT2D eigenvalue weighted by Crippen LogP contribution is -2.28. The molecule has 0 radical (unpaired) electrons. The van der Waals surface area contributed by atoms with Crippen molar-refractivity contribution < 1.29 is 23.9 Å². The first kappa shape index (κ1) is 20.9. The van der Waals surface area contributed by atoms with E-state index in [-0.39, 0.29) is 48.0 Å². The minimum absolute atomic E-state index is 0.146. The number of rotatable bonds is 7. The van der Waals surface area contributed by atoms with Crippen molar-refractivity contribution in [1.82, 2.24) is 5.01 Å². The second-order valence-electron chi connectivity index (χ2n) is 8.35. The van der Waals surface area contributed by atoms with Gasteiger partial charge in [-0.25, -0.2) is 0 Å². The molecule has 8 nitrogen and oxygen atoms in total. The Morgan fingerprint density at radius 3 is 2.42 bits per heavy atom. The van der Waals surface area contributed by atoms with Gasteiger partial charge in [-0.1, -0.05) is 30.4 Å². The summed E-state index contributed by atoms with van der Waals surface area (Å²) in [7, 11) is 1.49. The van der Waals surface area contributed by atoms with Crippen LogP contribution >= 0.6 is 0 Å². The van der Waals surface area contributed by atoms with E-state index in [4.69, 9.17) is 9.47 Å². The van der Waals surface area contributed by atoms with Crippen LogP contribution in [0.4, 0.5) is 5.69 Å². The van der Waals surface area contributed by atoms with Gasteiger partial charge in [-0.05, 0) is 54.2 Å². The molecule has 2 aromatic carbocycles. The minimum atomic E-state index is -0.297. The fraction of sp³-hybridized carbons (Fsp3) is 0.280. The Labute approximate surface area is 190 Å². The molecule has 2 fully saturated rings. The Balaban J connectivity index is 1.23. The van der Waals surface area contributed by atoms with Crippen molar-refractivity contribution in [2.24, 2.45) is 28.8 Å². The number of anilines is 1. The van der Waals surface area contributed by atoms with Gasteiger partial charge in [0.15, 0.2) is 18.1 Å². The molecule has 3 aliphatic rings. The summed E-state index contributed by atoms with van der Waals surface area (Å²) in [5, 5.41) is 7.94. The van der Waals surface area contributed by atoms with Crippen LogP contribution in [0.5, 0.6) is 11.5 Å². The van der Waals surface area contributed by atoms with Crippen molar-refractivity contribution in [3.05, 3.63) is 66.2 Å². The van der Waals surface area contributed by atoms with E-state index in [9.17, 15) is 14.4 Å². The molecular weight excluding hydrogens is 422 g/mol. The quantitative estimate of drug-likeness (QED) is 0.402. The predicted molar refractivity (Wildman–Crippen MR) is 121 cm³/mol. The first-order valence-electron chi connectivity index (χ1n) is 10.8. The number of hydrazone groups is 1. The average molecular weight is 445 g/mol. The van der Waals surface area contributed by atoms with E-state index in [0.717, 1.165) is 11.4 Å². The number of ether oxygens (including phenoxy) is 2. The van der Waals surface area contributed by atoms with Crippen LogP contribution < -0.4 is 14.8 Å². The number of imide groups is 1. The molecule has 1 aliphatic heterocycles. The number of methoxy groups -OCH3 is 1.